The first-order valence-corrected chi connectivity index (χ1v) is 5.21. The van der Waals surface area contributed by atoms with Gasteiger partial charge in [-0.05, 0) is 33.4 Å². The summed E-state index contributed by atoms with van der Waals surface area (Å²) < 4.78 is 14.3. The van der Waals surface area contributed by atoms with Crippen molar-refractivity contribution in [2.24, 2.45) is 0 Å². The highest BCUT2D eigenvalue weighted by atomic mass is 79.9. The molecule has 0 radical (unpaired) electrons. The zero-order valence-electron chi connectivity index (χ0n) is 6.38. The van der Waals surface area contributed by atoms with E-state index in [2.05, 4.69) is 15.9 Å². The minimum Gasteiger partial charge on any atom is -0.298 e. The fourth-order valence-electron chi connectivity index (χ4n) is 1.21. The van der Waals surface area contributed by atoms with Gasteiger partial charge in [-0.25, -0.2) is 4.39 Å². The minimum atomic E-state index is -0.289. The van der Waals surface area contributed by atoms with Crippen molar-refractivity contribution in [1.29, 1.82) is 0 Å². The van der Waals surface area contributed by atoms with Crippen molar-refractivity contribution >= 4 is 43.6 Å². The predicted molar refractivity (Wildman–Crippen MR) is 54.9 cm³/mol. The van der Waals surface area contributed by atoms with Gasteiger partial charge in [0.05, 0.1) is 4.70 Å². The van der Waals surface area contributed by atoms with E-state index in [-0.39, 0.29) is 5.82 Å². The van der Waals surface area contributed by atoms with Crippen molar-refractivity contribution in [3.63, 3.8) is 0 Å². The van der Waals surface area contributed by atoms with Crippen molar-refractivity contribution in [1.82, 2.24) is 0 Å². The maximum Gasteiger partial charge on any atom is 0.151 e. The number of hydrogen-bond acceptors (Lipinski definition) is 2. The molecule has 66 valence electrons. The van der Waals surface area contributed by atoms with Gasteiger partial charge in [0, 0.05) is 15.4 Å². The molecular formula is C9H4BrFOS. The SMILES string of the molecule is O=Cc1c(Br)cc(F)c2sccc12. The topological polar surface area (TPSA) is 17.1 Å². The second-order valence-corrected chi connectivity index (χ2v) is 4.31. The Morgan fingerprint density at radius 3 is 3.00 bits per heavy atom. The Labute approximate surface area is 86.3 Å². The summed E-state index contributed by atoms with van der Waals surface area (Å²) in [5.41, 5.74) is 0.512. The third-order valence-corrected chi connectivity index (χ3v) is 3.38. The third kappa shape index (κ3) is 1.30. The van der Waals surface area contributed by atoms with Crippen LogP contribution in [-0.4, -0.2) is 6.29 Å². The number of fused-ring (bicyclic) bond motifs is 1. The van der Waals surface area contributed by atoms with Crippen molar-refractivity contribution in [2.75, 3.05) is 0 Å². The number of thiophene rings is 1. The summed E-state index contributed by atoms with van der Waals surface area (Å²) in [6.07, 6.45) is 0.735. The van der Waals surface area contributed by atoms with Crippen LogP contribution in [0.4, 0.5) is 4.39 Å². The quantitative estimate of drug-likeness (QED) is 0.715. The molecule has 0 aliphatic rings. The minimum absolute atomic E-state index is 0.289. The molecule has 13 heavy (non-hydrogen) atoms. The zero-order chi connectivity index (χ0) is 9.42. The van der Waals surface area contributed by atoms with E-state index >= 15 is 0 Å². The van der Waals surface area contributed by atoms with Crippen LogP contribution in [0.1, 0.15) is 10.4 Å². The van der Waals surface area contributed by atoms with E-state index in [0.29, 0.717) is 20.1 Å². The number of rotatable bonds is 1. The summed E-state index contributed by atoms with van der Waals surface area (Å²) in [7, 11) is 0. The van der Waals surface area contributed by atoms with Crippen LogP contribution in [-0.2, 0) is 0 Å². The van der Waals surface area contributed by atoms with Crippen LogP contribution >= 0.6 is 27.3 Å². The van der Waals surface area contributed by atoms with Crippen LogP contribution in [0, 0.1) is 5.82 Å². The highest BCUT2D eigenvalue weighted by molar-refractivity contribution is 9.10. The molecule has 0 fully saturated rings. The standard InChI is InChI=1S/C9H4BrFOS/c10-7-3-8(11)9-5(1-2-13-9)6(7)4-12/h1-4H. The molecule has 1 aromatic heterocycles. The van der Waals surface area contributed by atoms with Gasteiger partial charge in [-0.3, -0.25) is 4.79 Å². The molecule has 0 unspecified atom stereocenters. The lowest BCUT2D eigenvalue weighted by Crippen LogP contribution is -1.85. The molecule has 0 aliphatic carbocycles. The number of benzene rings is 1. The summed E-state index contributed by atoms with van der Waals surface area (Å²) in [4.78, 5) is 10.7. The highest BCUT2D eigenvalue weighted by Gasteiger charge is 2.10. The molecule has 1 nitrogen and oxygen atoms in total. The molecule has 0 atom stereocenters. The maximum atomic E-state index is 13.3. The van der Waals surface area contributed by atoms with Gasteiger partial charge >= 0.3 is 0 Å². The number of carbonyl (C=O) groups is 1. The van der Waals surface area contributed by atoms with Crippen molar-refractivity contribution < 1.29 is 9.18 Å². The summed E-state index contributed by atoms with van der Waals surface area (Å²) >= 11 is 4.44. The van der Waals surface area contributed by atoms with Crippen molar-refractivity contribution in [3.8, 4) is 0 Å². The average Bonchev–Trinajstić information content (AvgIpc) is 2.53. The Kier molecular flexibility index (Phi) is 2.17. The molecule has 2 aromatic rings. The van der Waals surface area contributed by atoms with Crippen LogP contribution in [0.15, 0.2) is 22.0 Å². The Morgan fingerprint density at radius 1 is 1.54 bits per heavy atom. The lowest BCUT2D eigenvalue weighted by Gasteiger charge is -1.99. The van der Waals surface area contributed by atoms with Crippen LogP contribution in [0.2, 0.25) is 0 Å². The summed E-state index contributed by atoms with van der Waals surface area (Å²) in [6, 6.07) is 3.07. The Bertz CT molecular complexity index is 478. The molecule has 0 spiro atoms. The molecule has 0 saturated carbocycles. The van der Waals surface area contributed by atoms with Crippen molar-refractivity contribution in [3.05, 3.63) is 33.4 Å². The van der Waals surface area contributed by atoms with Gasteiger partial charge in [0.25, 0.3) is 0 Å². The van der Waals surface area contributed by atoms with E-state index in [1.807, 2.05) is 0 Å². The molecule has 4 heteroatoms. The monoisotopic (exact) mass is 258 g/mol. The first-order chi connectivity index (χ1) is 6.24. The smallest absolute Gasteiger partial charge is 0.151 e. The summed E-state index contributed by atoms with van der Waals surface area (Å²) in [6.45, 7) is 0. The van der Waals surface area contributed by atoms with Gasteiger partial charge < -0.3 is 0 Å². The van der Waals surface area contributed by atoms with Crippen LogP contribution in [0.5, 0.6) is 0 Å². The molecule has 2 rings (SSSR count). The summed E-state index contributed by atoms with van der Waals surface area (Å²) in [5.74, 6) is -0.289. The molecule has 1 aromatic carbocycles. The number of aldehydes is 1. The number of carbonyl (C=O) groups excluding carboxylic acids is 1. The third-order valence-electron chi connectivity index (χ3n) is 1.80. The molecule has 0 amide bonds. The predicted octanol–water partition coefficient (Wildman–Crippen LogP) is 3.62. The molecule has 0 bridgehead atoms. The molecular weight excluding hydrogens is 255 g/mol. The van der Waals surface area contributed by atoms with E-state index in [9.17, 15) is 9.18 Å². The van der Waals surface area contributed by atoms with Gasteiger partial charge in [0.2, 0.25) is 0 Å². The van der Waals surface area contributed by atoms with Crippen LogP contribution < -0.4 is 0 Å². The van der Waals surface area contributed by atoms with Gasteiger partial charge in [0.1, 0.15) is 5.82 Å². The lowest BCUT2D eigenvalue weighted by molar-refractivity contribution is 0.112. The Balaban J connectivity index is 2.96. The highest BCUT2D eigenvalue weighted by Crippen LogP contribution is 2.31. The summed E-state index contributed by atoms with van der Waals surface area (Å²) in [5, 5.41) is 2.44. The van der Waals surface area contributed by atoms with Crippen LogP contribution in [0.25, 0.3) is 10.1 Å². The average molecular weight is 259 g/mol. The van der Waals surface area contributed by atoms with Gasteiger partial charge in [-0.1, -0.05) is 0 Å². The van der Waals surface area contributed by atoms with E-state index < -0.39 is 0 Å². The second kappa shape index (κ2) is 3.20. The first kappa shape index (κ1) is 8.84. The fourth-order valence-corrected chi connectivity index (χ4v) is 2.53. The zero-order valence-corrected chi connectivity index (χ0v) is 8.78. The van der Waals surface area contributed by atoms with E-state index in [0.717, 1.165) is 6.29 Å². The van der Waals surface area contributed by atoms with E-state index in [1.54, 1.807) is 11.4 Å². The fraction of sp³-hybridized carbons (Fsp3) is 0. The Hall–Kier alpha value is -0.740. The van der Waals surface area contributed by atoms with E-state index in [4.69, 9.17) is 0 Å². The maximum absolute atomic E-state index is 13.3. The van der Waals surface area contributed by atoms with Crippen LogP contribution in [0.3, 0.4) is 0 Å². The normalized spacial score (nSPS) is 10.6. The molecule has 0 aliphatic heterocycles. The first-order valence-electron chi connectivity index (χ1n) is 3.54. The van der Waals surface area contributed by atoms with Gasteiger partial charge in [-0.15, -0.1) is 11.3 Å². The van der Waals surface area contributed by atoms with Crippen molar-refractivity contribution in [2.45, 2.75) is 0 Å². The van der Waals surface area contributed by atoms with E-state index in [1.165, 1.54) is 17.4 Å². The number of halogens is 2. The lowest BCUT2D eigenvalue weighted by atomic mass is 10.1. The molecule has 1 heterocycles. The molecule has 0 N–H and O–H groups in total. The second-order valence-electron chi connectivity index (χ2n) is 2.54. The Morgan fingerprint density at radius 2 is 2.31 bits per heavy atom. The van der Waals surface area contributed by atoms with Gasteiger partial charge in [-0.2, -0.15) is 0 Å². The van der Waals surface area contributed by atoms with Gasteiger partial charge in [0.15, 0.2) is 6.29 Å². The molecule has 0 saturated heterocycles. The number of hydrogen-bond donors (Lipinski definition) is 0. The largest absolute Gasteiger partial charge is 0.298 e.